The third kappa shape index (κ3) is 3.76. The maximum atomic E-state index is 12.4. The van der Waals surface area contributed by atoms with Crippen LogP contribution in [0.15, 0.2) is 42.5 Å². The number of nitrogens with zero attached hydrogens (tertiary/aromatic N) is 2. The van der Waals surface area contributed by atoms with Gasteiger partial charge in [-0.2, -0.15) is 0 Å². The highest BCUT2D eigenvalue weighted by Gasteiger charge is 2.27. The highest BCUT2D eigenvalue weighted by Crippen LogP contribution is 2.29. The van der Waals surface area contributed by atoms with E-state index in [1.165, 1.54) is 17.0 Å². The molecule has 1 N–H and O–H groups in total. The Balaban J connectivity index is 1.71. The van der Waals surface area contributed by atoms with E-state index in [-0.39, 0.29) is 23.7 Å². The number of carbonyl (C=O) groups excluding carboxylic acids is 3. The van der Waals surface area contributed by atoms with E-state index in [1.807, 2.05) is 0 Å². The molecular formula is C18H15N3O6. The van der Waals surface area contributed by atoms with Crippen LogP contribution in [-0.2, 0) is 14.3 Å². The van der Waals surface area contributed by atoms with Gasteiger partial charge in [0.15, 0.2) is 6.61 Å². The third-order valence-corrected chi connectivity index (χ3v) is 4.04. The normalized spacial score (nSPS) is 12.8. The summed E-state index contributed by atoms with van der Waals surface area (Å²) in [6.07, 6.45) is 0. The third-order valence-electron chi connectivity index (χ3n) is 4.04. The number of ether oxygens (including phenoxy) is 1. The molecule has 0 aromatic heterocycles. The van der Waals surface area contributed by atoms with Crippen molar-refractivity contribution < 1.29 is 24.0 Å². The Kier molecular flexibility index (Phi) is 4.84. The van der Waals surface area contributed by atoms with Crippen LogP contribution in [0.3, 0.4) is 0 Å². The first-order chi connectivity index (χ1) is 12.9. The average molecular weight is 369 g/mol. The highest BCUT2D eigenvalue weighted by atomic mass is 16.6. The maximum absolute atomic E-state index is 12.4. The summed E-state index contributed by atoms with van der Waals surface area (Å²) in [4.78, 5) is 47.9. The van der Waals surface area contributed by atoms with Crippen molar-refractivity contribution in [2.45, 2.75) is 6.92 Å². The number of rotatable bonds is 4. The Bertz CT molecular complexity index is 956. The molecule has 138 valence electrons. The van der Waals surface area contributed by atoms with Gasteiger partial charge in [0.25, 0.3) is 11.6 Å². The molecule has 0 saturated carbocycles. The van der Waals surface area contributed by atoms with E-state index in [2.05, 4.69) is 5.32 Å². The zero-order valence-electron chi connectivity index (χ0n) is 14.3. The Labute approximate surface area is 153 Å². The van der Waals surface area contributed by atoms with Crippen LogP contribution in [-0.4, -0.2) is 35.9 Å². The van der Waals surface area contributed by atoms with Crippen molar-refractivity contribution in [3.05, 3.63) is 63.7 Å². The smallest absolute Gasteiger partial charge is 0.338 e. The van der Waals surface area contributed by atoms with Crippen molar-refractivity contribution in [2.75, 3.05) is 23.4 Å². The lowest BCUT2D eigenvalue weighted by atomic mass is 10.1. The fourth-order valence-corrected chi connectivity index (χ4v) is 2.68. The van der Waals surface area contributed by atoms with Gasteiger partial charge in [-0.1, -0.05) is 18.2 Å². The van der Waals surface area contributed by atoms with Crippen LogP contribution in [0.5, 0.6) is 0 Å². The van der Waals surface area contributed by atoms with Gasteiger partial charge in [-0.25, -0.2) is 4.79 Å². The molecule has 1 aliphatic heterocycles. The summed E-state index contributed by atoms with van der Waals surface area (Å²) in [6.45, 7) is 0.765. The SMILES string of the molecule is Cc1ccc(C(=O)OCC(=O)N2CC(=O)Nc3ccccc32)cc1[N+](=O)[O-]. The molecule has 27 heavy (non-hydrogen) atoms. The van der Waals surface area contributed by atoms with Crippen LogP contribution in [0.2, 0.25) is 0 Å². The molecule has 0 aliphatic carbocycles. The van der Waals surface area contributed by atoms with E-state index in [1.54, 1.807) is 31.2 Å². The molecule has 2 aromatic rings. The number of amides is 2. The van der Waals surface area contributed by atoms with Gasteiger partial charge in [-0.05, 0) is 25.1 Å². The monoisotopic (exact) mass is 369 g/mol. The molecule has 0 radical (unpaired) electrons. The van der Waals surface area contributed by atoms with Gasteiger partial charge in [0.05, 0.1) is 21.9 Å². The van der Waals surface area contributed by atoms with Crippen molar-refractivity contribution in [1.29, 1.82) is 0 Å². The van der Waals surface area contributed by atoms with Gasteiger partial charge in [0.1, 0.15) is 6.54 Å². The number of carbonyl (C=O) groups is 3. The lowest BCUT2D eigenvalue weighted by Crippen LogP contribution is -2.44. The zero-order valence-corrected chi connectivity index (χ0v) is 14.3. The summed E-state index contributed by atoms with van der Waals surface area (Å²) in [5.74, 6) is -1.80. The molecule has 3 rings (SSSR count). The summed E-state index contributed by atoms with van der Waals surface area (Å²) in [7, 11) is 0. The fraction of sp³-hybridized carbons (Fsp3) is 0.167. The second-order valence-corrected chi connectivity index (χ2v) is 5.88. The van der Waals surface area contributed by atoms with E-state index in [4.69, 9.17) is 4.74 Å². The minimum atomic E-state index is -0.860. The second kappa shape index (κ2) is 7.24. The fourth-order valence-electron chi connectivity index (χ4n) is 2.68. The number of aryl methyl sites for hydroxylation is 1. The minimum Gasteiger partial charge on any atom is -0.452 e. The van der Waals surface area contributed by atoms with E-state index < -0.39 is 23.4 Å². The number of hydrogen-bond acceptors (Lipinski definition) is 6. The van der Waals surface area contributed by atoms with Crippen LogP contribution < -0.4 is 10.2 Å². The van der Waals surface area contributed by atoms with Gasteiger partial charge < -0.3 is 10.1 Å². The van der Waals surface area contributed by atoms with Crippen molar-refractivity contribution in [3.8, 4) is 0 Å². The lowest BCUT2D eigenvalue weighted by Gasteiger charge is -2.28. The molecule has 0 saturated heterocycles. The Hall–Kier alpha value is -3.75. The maximum Gasteiger partial charge on any atom is 0.338 e. The number of nitrogens with one attached hydrogen (secondary N) is 1. The predicted octanol–water partition coefficient (Wildman–Crippen LogP) is 2.05. The van der Waals surface area contributed by atoms with E-state index in [0.717, 1.165) is 6.07 Å². The Morgan fingerprint density at radius 3 is 2.74 bits per heavy atom. The van der Waals surface area contributed by atoms with Gasteiger partial charge in [-0.15, -0.1) is 0 Å². The molecule has 0 bridgehead atoms. The van der Waals surface area contributed by atoms with Crippen molar-refractivity contribution in [2.24, 2.45) is 0 Å². The number of nitro benzene ring substituents is 1. The summed E-state index contributed by atoms with van der Waals surface area (Å²) < 4.78 is 4.98. The number of nitro groups is 1. The molecule has 1 aliphatic rings. The predicted molar refractivity (Wildman–Crippen MR) is 95.5 cm³/mol. The molecule has 0 fully saturated rings. The largest absolute Gasteiger partial charge is 0.452 e. The Morgan fingerprint density at radius 2 is 2.00 bits per heavy atom. The van der Waals surface area contributed by atoms with E-state index in [0.29, 0.717) is 16.9 Å². The number of fused-ring (bicyclic) bond motifs is 1. The van der Waals surface area contributed by atoms with Gasteiger partial charge >= 0.3 is 5.97 Å². The van der Waals surface area contributed by atoms with Gasteiger partial charge in [-0.3, -0.25) is 24.6 Å². The topological polar surface area (TPSA) is 119 Å². The molecule has 2 aromatic carbocycles. The minimum absolute atomic E-state index is 0.0307. The van der Waals surface area contributed by atoms with Crippen LogP contribution in [0.25, 0.3) is 0 Å². The molecule has 1 heterocycles. The first-order valence-corrected chi connectivity index (χ1v) is 7.98. The van der Waals surface area contributed by atoms with Crippen molar-refractivity contribution >= 4 is 34.8 Å². The van der Waals surface area contributed by atoms with Crippen LogP contribution >= 0.6 is 0 Å². The van der Waals surface area contributed by atoms with Crippen molar-refractivity contribution in [3.63, 3.8) is 0 Å². The second-order valence-electron chi connectivity index (χ2n) is 5.88. The van der Waals surface area contributed by atoms with Gasteiger partial charge in [0, 0.05) is 11.6 Å². The molecule has 0 unspecified atom stereocenters. The number of esters is 1. The summed E-state index contributed by atoms with van der Waals surface area (Å²) >= 11 is 0. The van der Waals surface area contributed by atoms with Crippen LogP contribution in [0, 0.1) is 17.0 Å². The zero-order chi connectivity index (χ0) is 19.6. The standard InChI is InChI=1S/C18H15N3O6/c1-11-6-7-12(8-15(11)21(25)26)18(24)27-10-17(23)20-9-16(22)19-13-4-2-3-5-14(13)20/h2-8H,9-10H2,1H3,(H,19,22). The van der Waals surface area contributed by atoms with E-state index in [9.17, 15) is 24.5 Å². The van der Waals surface area contributed by atoms with Crippen LogP contribution in [0.4, 0.5) is 17.1 Å². The molecule has 2 amide bonds. The number of para-hydroxylation sites is 2. The molecule has 9 nitrogen and oxygen atoms in total. The summed E-state index contributed by atoms with van der Waals surface area (Å²) in [5, 5.41) is 13.6. The number of anilines is 2. The number of benzene rings is 2. The molecule has 0 atom stereocenters. The van der Waals surface area contributed by atoms with Crippen molar-refractivity contribution in [1.82, 2.24) is 0 Å². The molecule has 0 spiro atoms. The number of hydrogen-bond donors (Lipinski definition) is 1. The summed E-state index contributed by atoms with van der Waals surface area (Å²) in [6, 6.07) is 10.7. The van der Waals surface area contributed by atoms with Crippen LogP contribution in [0.1, 0.15) is 15.9 Å². The van der Waals surface area contributed by atoms with Gasteiger partial charge in [0.2, 0.25) is 5.91 Å². The highest BCUT2D eigenvalue weighted by molar-refractivity contribution is 6.10. The summed E-state index contributed by atoms with van der Waals surface area (Å²) in [5.41, 5.74) is 1.16. The lowest BCUT2D eigenvalue weighted by molar-refractivity contribution is -0.385. The molecule has 9 heteroatoms. The molecular weight excluding hydrogens is 354 g/mol. The Morgan fingerprint density at radius 1 is 1.26 bits per heavy atom. The first-order valence-electron chi connectivity index (χ1n) is 7.98. The quantitative estimate of drug-likeness (QED) is 0.500. The first kappa shape index (κ1) is 18.1. The van der Waals surface area contributed by atoms with E-state index >= 15 is 0 Å². The average Bonchev–Trinajstić information content (AvgIpc) is 2.65.